The Morgan fingerprint density at radius 3 is 3.00 bits per heavy atom. The zero-order chi connectivity index (χ0) is 14.8. The quantitative estimate of drug-likeness (QED) is 0.934. The molecule has 4 heteroatoms. The lowest BCUT2D eigenvalue weighted by atomic mass is 9.94. The predicted octanol–water partition coefficient (Wildman–Crippen LogP) is 1.87. The minimum absolute atomic E-state index is 0.0649. The number of nitrogens with two attached hydrogens (primary N) is 1. The number of aromatic nitrogens is 1. The van der Waals surface area contributed by atoms with Crippen molar-refractivity contribution in [2.45, 2.75) is 18.5 Å². The second-order valence-corrected chi connectivity index (χ2v) is 6.18. The lowest BCUT2D eigenvalue weighted by molar-refractivity contribution is 0.104. The Morgan fingerprint density at radius 1 is 1.29 bits per heavy atom. The van der Waals surface area contributed by atoms with Crippen molar-refractivity contribution < 1.29 is 0 Å². The van der Waals surface area contributed by atoms with Crippen LogP contribution in [0.15, 0.2) is 36.7 Å². The SMILES string of the molecule is CN1CCN(C)C(CC(N)c2cccc3cnccc23)C1. The second-order valence-electron chi connectivity index (χ2n) is 6.18. The maximum atomic E-state index is 6.53. The van der Waals surface area contributed by atoms with Crippen molar-refractivity contribution in [1.82, 2.24) is 14.8 Å². The first kappa shape index (κ1) is 14.4. The molecule has 0 saturated carbocycles. The average Bonchev–Trinajstić information content (AvgIpc) is 2.50. The summed E-state index contributed by atoms with van der Waals surface area (Å²) in [5.74, 6) is 0. The van der Waals surface area contributed by atoms with Crippen LogP contribution in [-0.4, -0.2) is 54.6 Å². The Hall–Kier alpha value is -1.49. The van der Waals surface area contributed by atoms with E-state index in [2.05, 4.69) is 53.1 Å². The molecule has 112 valence electrons. The molecule has 2 aromatic rings. The Kier molecular flexibility index (Phi) is 4.19. The van der Waals surface area contributed by atoms with Gasteiger partial charge in [0.25, 0.3) is 0 Å². The number of piperazine rings is 1. The molecule has 2 atom stereocenters. The molecule has 1 aliphatic rings. The largest absolute Gasteiger partial charge is 0.324 e. The number of benzene rings is 1. The summed E-state index contributed by atoms with van der Waals surface area (Å²) in [6.07, 6.45) is 4.74. The van der Waals surface area contributed by atoms with E-state index in [1.165, 1.54) is 16.3 Å². The maximum absolute atomic E-state index is 6.53. The van der Waals surface area contributed by atoms with Gasteiger partial charge in [-0.2, -0.15) is 0 Å². The fourth-order valence-electron chi connectivity index (χ4n) is 3.25. The molecule has 0 bridgehead atoms. The van der Waals surface area contributed by atoms with Crippen LogP contribution in [-0.2, 0) is 0 Å². The summed E-state index contributed by atoms with van der Waals surface area (Å²) >= 11 is 0. The van der Waals surface area contributed by atoms with Gasteiger partial charge in [-0.1, -0.05) is 18.2 Å². The molecule has 2 heterocycles. The van der Waals surface area contributed by atoms with E-state index in [1.807, 2.05) is 12.4 Å². The fourth-order valence-corrected chi connectivity index (χ4v) is 3.25. The average molecular weight is 284 g/mol. The topological polar surface area (TPSA) is 45.4 Å². The minimum atomic E-state index is 0.0649. The van der Waals surface area contributed by atoms with Crippen LogP contribution in [0.5, 0.6) is 0 Å². The monoisotopic (exact) mass is 284 g/mol. The molecular formula is C17H24N4. The molecule has 1 saturated heterocycles. The molecular weight excluding hydrogens is 260 g/mol. The third-order valence-corrected chi connectivity index (χ3v) is 4.62. The molecule has 21 heavy (non-hydrogen) atoms. The molecule has 1 aromatic carbocycles. The summed E-state index contributed by atoms with van der Waals surface area (Å²) in [7, 11) is 4.40. The highest BCUT2D eigenvalue weighted by Crippen LogP contribution is 2.26. The zero-order valence-corrected chi connectivity index (χ0v) is 12.9. The summed E-state index contributed by atoms with van der Waals surface area (Å²) < 4.78 is 0. The highest BCUT2D eigenvalue weighted by atomic mass is 15.3. The number of likely N-dealkylation sites (N-methyl/N-ethyl adjacent to an activating group) is 2. The van der Waals surface area contributed by atoms with Crippen molar-refractivity contribution in [1.29, 1.82) is 0 Å². The van der Waals surface area contributed by atoms with Gasteiger partial charge in [-0.05, 0) is 37.5 Å². The van der Waals surface area contributed by atoms with Gasteiger partial charge in [0.2, 0.25) is 0 Å². The molecule has 4 nitrogen and oxygen atoms in total. The Labute approximate surface area is 126 Å². The van der Waals surface area contributed by atoms with Crippen molar-refractivity contribution in [3.05, 3.63) is 42.2 Å². The first-order valence-corrected chi connectivity index (χ1v) is 7.62. The molecule has 0 radical (unpaired) electrons. The van der Waals surface area contributed by atoms with E-state index in [-0.39, 0.29) is 6.04 Å². The maximum Gasteiger partial charge on any atom is 0.0346 e. The Morgan fingerprint density at radius 2 is 2.14 bits per heavy atom. The summed E-state index contributed by atoms with van der Waals surface area (Å²) in [6, 6.07) is 8.99. The van der Waals surface area contributed by atoms with E-state index in [1.54, 1.807) is 0 Å². The number of fused-ring (bicyclic) bond motifs is 1. The van der Waals surface area contributed by atoms with Crippen molar-refractivity contribution in [2.24, 2.45) is 5.73 Å². The van der Waals surface area contributed by atoms with Crippen LogP contribution in [0.3, 0.4) is 0 Å². The standard InChI is InChI=1S/C17H24N4/c1-20-8-9-21(2)14(12-20)10-17(18)16-5-3-4-13-11-19-7-6-15(13)16/h3-7,11,14,17H,8-10,12,18H2,1-2H3. The van der Waals surface area contributed by atoms with E-state index in [4.69, 9.17) is 5.73 Å². The molecule has 1 fully saturated rings. The number of nitrogens with zero attached hydrogens (tertiary/aromatic N) is 3. The third kappa shape index (κ3) is 3.07. The van der Waals surface area contributed by atoms with Gasteiger partial charge in [0.1, 0.15) is 0 Å². The first-order chi connectivity index (χ1) is 10.1. The van der Waals surface area contributed by atoms with Gasteiger partial charge in [-0.3, -0.25) is 4.98 Å². The Balaban J connectivity index is 1.82. The van der Waals surface area contributed by atoms with Gasteiger partial charge >= 0.3 is 0 Å². The number of pyridine rings is 1. The Bertz CT molecular complexity index is 607. The number of rotatable bonds is 3. The number of hydrogen-bond donors (Lipinski definition) is 1. The number of hydrogen-bond acceptors (Lipinski definition) is 4. The summed E-state index contributed by atoms with van der Waals surface area (Å²) in [4.78, 5) is 9.03. The molecule has 2 unspecified atom stereocenters. The lowest BCUT2D eigenvalue weighted by Crippen LogP contribution is -2.50. The lowest BCUT2D eigenvalue weighted by Gasteiger charge is -2.39. The molecule has 1 aromatic heterocycles. The van der Waals surface area contributed by atoms with Crippen molar-refractivity contribution in [3.63, 3.8) is 0 Å². The molecule has 0 amide bonds. The van der Waals surface area contributed by atoms with Crippen LogP contribution >= 0.6 is 0 Å². The van der Waals surface area contributed by atoms with Gasteiger partial charge in [-0.25, -0.2) is 0 Å². The van der Waals surface area contributed by atoms with E-state index in [9.17, 15) is 0 Å². The van der Waals surface area contributed by atoms with Crippen molar-refractivity contribution in [2.75, 3.05) is 33.7 Å². The molecule has 0 aliphatic carbocycles. The van der Waals surface area contributed by atoms with E-state index in [0.29, 0.717) is 6.04 Å². The summed E-state index contributed by atoms with van der Waals surface area (Å²) in [5.41, 5.74) is 7.77. The van der Waals surface area contributed by atoms with Crippen LogP contribution in [0.1, 0.15) is 18.0 Å². The van der Waals surface area contributed by atoms with Gasteiger partial charge in [0.15, 0.2) is 0 Å². The van der Waals surface area contributed by atoms with Gasteiger partial charge in [0.05, 0.1) is 0 Å². The predicted molar refractivity (Wildman–Crippen MR) is 87.2 cm³/mol. The van der Waals surface area contributed by atoms with Gasteiger partial charge in [-0.15, -0.1) is 0 Å². The molecule has 3 rings (SSSR count). The summed E-state index contributed by atoms with van der Waals surface area (Å²) in [5, 5.41) is 2.39. The van der Waals surface area contributed by atoms with Gasteiger partial charge in [0, 0.05) is 49.5 Å². The molecule has 0 spiro atoms. The smallest absolute Gasteiger partial charge is 0.0346 e. The van der Waals surface area contributed by atoms with E-state index >= 15 is 0 Å². The third-order valence-electron chi connectivity index (χ3n) is 4.62. The first-order valence-electron chi connectivity index (χ1n) is 7.62. The van der Waals surface area contributed by atoms with Crippen LogP contribution in [0.2, 0.25) is 0 Å². The van der Waals surface area contributed by atoms with Crippen molar-refractivity contribution in [3.8, 4) is 0 Å². The van der Waals surface area contributed by atoms with Crippen LogP contribution in [0.4, 0.5) is 0 Å². The second kappa shape index (κ2) is 6.10. The highest BCUT2D eigenvalue weighted by Gasteiger charge is 2.25. The zero-order valence-electron chi connectivity index (χ0n) is 12.9. The summed E-state index contributed by atoms with van der Waals surface area (Å²) in [6.45, 7) is 3.35. The highest BCUT2D eigenvalue weighted by molar-refractivity contribution is 5.85. The van der Waals surface area contributed by atoms with E-state index in [0.717, 1.165) is 26.1 Å². The fraction of sp³-hybridized carbons (Fsp3) is 0.471. The molecule has 2 N–H and O–H groups in total. The van der Waals surface area contributed by atoms with Gasteiger partial charge < -0.3 is 15.5 Å². The van der Waals surface area contributed by atoms with Crippen LogP contribution < -0.4 is 5.73 Å². The normalized spacial score (nSPS) is 22.5. The van der Waals surface area contributed by atoms with Crippen molar-refractivity contribution >= 4 is 10.8 Å². The van der Waals surface area contributed by atoms with Crippen LogP contribution in [0.25, 0.3) is 10.8 Å². The molecule has 1 aliphatic heterocycles. The van der Waals surface area contributed by atoms with E-state index < -0.39 is 0 Å². The minimum Gasteiger partial charge on any atom is -0.324 e. The van der Waals surface area contributed by atoms with Crippen LogP contribution in [0, 0.1) is 0 Å².